The van der Waals surface area contributed by atoms with E-state index in [1.54, 1.807) is 0 Å². The Kier molecular flexibility index (Phi) is 4.21. The molecule has 1 heterocycles. The zero-order valence-electron chi connectivity index (χ0n) is 10.8. The van der Waals surface area contributed by atoms with E-state index in [1.165, 1.54) is 16.3 Å². The second-order valence-electron chi connectivity index (χ2n) is 4.08. The highest BCUT2D eigenvalue weighted by Crippen LogP contribution is 2.17. The van der Waals surface area contributed by atoms with Crippen molar-refractivity contribution in [3.05, 3.63) is 45.9 Å². The van der Waals surface area contributed by atoms with Gasteiger partial charge >= 0.3 is 5.69 Å². The third kappa shape index (κ3) is 2.96. The number of carbonyl (C=O) groups is 1. The third-order valence-corrected chi connectivity index (χ3v) is 3.79. The summed E-state index contributed by atoms with van der Waals surface area (Å²) in [7, 11) is 0. The predicted molar refractivity (Wildman–Crippen MR) is 74.8 cm³/mol. The van der Waals surface area contributed by atoms with Crippen molar-refractivity contribution in [3.63, 3.8) is 0 Å². The highest BCUT2D eigenvalue weighted by atomic mass is 32.2. The van der Waals surface area contributed by atoms with Crippen LogP contribution >= 0.6 is 11.8 Å². The zero-order valence-corrected chi connectivity index (χ0v) is 11.7. The second-order valence-corrected chi connectivity index (χ2v) is 5.02. The normalized spacial score (nSPS) is 10.6. The molecule has 0 unspecified atom stereocenters. The van der Waals surface area contributed by atoms with E-state index in [1.807, 2.05) is 38.1 Å². The molecule has 0 spiro atoms. The largest absolute Gasteiger partial charge is 0.343 e. The van der Waals surface area contributed by atoms with Gasteiger partial charge in [-0.25, -0.2) is 9.89 Å². The molecule has 0 atom stereocenters. The summed E-state index contributed by atoms with van der Waals surface area (Å²) in [4.78, 5) is 23.5. The first-order chi connectivity index (χ1) is 9.13. The molecule has 1 aromatic carbocycles. The Bertz CT molecular complexity index is 645. The van der Waals surface area contributed by atoms with Gasteiger partial charge in [-0.05, 0) is 19.4 Å². The molecule has 0 saturated carbocycles. The topological polar surface area (TPSA) is 67.8 Å². The number of ketones is 1. The molecular formula is C13H15N3O2S. The number of hydrogen-bond donors (Lipinski definition) is 1. The van der Waals surface area contributed by atoms with Crippen molar-refractivity contribution < 1.29 is 4.79 Å². The lowest BCUT2D eigenvalue weighted by Crippen LogP contribution is -2.16. The van der Waals surface area contributed by atoms with Gasteiger partial charge in [0.15, 0.2) is 10.9 Å². The third-order valence-electron chi connectivity index (χ3n) is 2.82. The summed E-state index contributed by atoms with van der Waals surface area (Å²) in [6, 6.07) is 7.48. The Morgan fingerprint density at radius 3 is 2.84 bits per heavy atom. The number of benzene rings is 1. The minimum atomic E-state index is -0.242. The van der Waals surface area contributed by atoms with Crippen LogP contribution in [-0.2, 0) is 6.54 Å². The molecule has 0 radical (unpaired) electrons. The van der Waals surface area contributed by atoms with Gasteiger partial charge in [-0.15, -0.1) is 5.10 Å². The van der Waals surface area contributed by atoms with Crippen molar-refractivity contribution in [2.24, 2.45) is 0 Å². The Morgan fingerprint density at radius 2 is 2.16 bits per heavy atom. The maximum absolute atomic E-state index is 12.1. The number of aromatic amines is 1. The van der Waals surface area contributed by atoms with E-state index in [0.717, 1.165) is 11.1 Å². The van der Waals surface area contributed by atoms with E-state index in [-0.39, 0.29) is 17.2 Å². The Balaban J connectivity index is 2.09. The van der Waals surface area contributed by atoms with Gasteiger partial charge in [-0.1, -0.05) is 36.0 Å². The van der Waals surface area contributed by atoms with Crippen LogP contribution in [0.1, 0.15) is 22.8 Å². The lowest BCUT2D eigenvalue weighted by atomic mass is 10.1. The van der Waals surface area contributed by atoms with Crippen LogP contribution < -0.4 is 5.69 Å². The SMILES string of the molecule is CCn1c(SCC(=O)c2ccccc2C)n[nH]c1=O. The standard InChI is InChI=1S/C13H15N3O2S/c1-3-16-12(18)14-15-13(16)19-8-11(17)10-7-5-4-6-9(10)2/h4-7H,3,8H2,1-2H3,(H,14,18). The van der Waals surface area contributed by atoms with Gasteiger partial charge in [-0.3, -0.25) is 9.36 Å². The average Bonchev–Trinajstić information content (AvgIpc) is 2.77. The highest BCUT2D eigenvalue weighted by Gasteiger charge is 2.12. The average molecular weight is 277 g/mol. The van der Waals surface area contributed by atoms with E-state index in [0.29, 0.717) is 11.7 Å². The van der Waals surface area contributed by atoms with Crippen LogP contribution in [0.5, 0.6) is 0 Å². The molecule has 1 aromatic heterocycles. The fourth-order valence-electron chi connectivity index (χ4n) is 1.79. The first-order valence-electron chi connectivity index (χ1n) is 6.00. The second kappa shape index (κ2) is 5.88. The van der Waals surface area contributed by atoms with Gasteiger partial charge in [0, 0.05) is 12.1 Å². The molecule has 0 aliphatic carbocycles. The number of aromatic nitrogens is 3. The predicted octanol–water partition coefficient (Wildman–Crippen LogP) is 1.87. The minimum absolute atomic E-state index is 0.0428. The van der Waals surface area contributed by atoms with Crippen LogP contribution in [0.15, 0.2) is 34.2 Å². The van der Waals surface area contributed by atoms with Gasteiger partial charge < -0.3 is 0 Å². The van der Waals surface area contributed by atoms with Crippen molar-refractivity contribution >= 4 is 17.5 Å². The first kappa shape index (κ1) is 13.6. The molecule has 0 amide bonds. The van der Waals surface area contributed by atoms with Crippen LogP contribution in [-0.4, -0.2) is 26.3 Å². The summed E-state index contributed by atoms with van der Waals surface area (Å²) < 4.78 is 1.51. The molecule has 0 saturated heterocycles. The van der Waals surface area contributed by atoms with Gasteiger partial charge in [0.2, 0.25) is 0 Å². The van der Waals surface area contributed by atoms with Crippen molar-refractivity contribution in [3.8, 4) is 0 Å². The molecule has 2 rings (SSSR count). The molecule has 6 heteroatoms. The van der Waals surface area contributed by atoms with Crippen LogP contribution in [0.4, 0.5) is 0 Å². The summed E-state index contributed by atoms with van der Waals surface area (Å²) in [6.07, 6.45) is 0. The number of carbonyl (C=O) groups excluding carboxylic acids is 1. The maximum Gasteiger partial charge on any atom is 0.343 e. The van der Waals surface area contributed by atoms with E-state index >= 15 is 0 Å². The van der Waals surface area contributed by atoms with Gasteiger partial charge in [0.05, 0.1) is 5.75 Å². The van der Waals surface area contributed by atoms with Gasteiger partial charge in [0.25, 0.3) is 0 Å². The van der Waals surface area contributed by atoms with Crippen LogP contribution in [0.2, 0.25) is 0 Å². The Morgan fingerprint density at radius 1 is 1.42 bits per heavy atom. The van der Waals surface area contributed by atoms with Crippen LogP contribution in [0.3, 0.4) is 0 Å². The number of nitrogens with zero attached hydrogens (tertiary/aromatic N) is 2. The number of aryl methyl sites for hydroxylation is 1. The molecule has 0 bridgehead atoms. The molecule has 0 aliphatic rings. The molecule has 1 N–H and O–H groups in total. The molecule has 19 heavy (non-hydrogen) atoms. The molecule has 0 aliphatic heterocycles. The van der Waals surface area contributed by atoms with E-state index in [9.17, 15) is 9.59 Å². The monoisotopic (exact) mass is 277 g/mol. The summed E-state index contributed by atoms with van der Waals surface area (Å²) in [5.41, 5.74) is 1.44. The Labute approximate surface area is 115 Å². The molecule has 2 aromatic rings. The van der Waals surface area contributed by atoms with Gasteiger partial charge in [0.1, 0.15) is 0 Å². The number of nitrogens with one attached hydrogen (secondary N) is 1. The molecule has 5 nitrogen and oxygen atoms in total. The minimum Gasteiger partial charge on any atom is -0.293 e. The van der Waals surface area contributed by atoms with Crippen molar-refractivity contribution in [1.82, 2.24) is 14.8 Å². The number of hydrogen-bond acceptors (Lipinski definition) is 4. The summed E-state index contributed by atoms with van der Waals surface area (Å²) in [6.45, 7) is 4.31. The van der Waals surface area contributed by atoms with E-state index in [2.05, 4.69) is 10.2 Å². The number of thioether (sulfide) groups is 1. The number of Topliss-reactive ketones (excluding diaryl/α,β-unsaturated/α-hetero) is 1. The van der Waals surface area contributed by atoms with Gasteiger partial charge in [-0.2, -0.15) is 0 Å². The molecular weight excluding hydrogens is 262 g/mol. The lowest BCUT2D eigenvalue weighted by molar-refractivity contribution is 0.102. The van der Waals surface area contributed by atoms with E-state index in [4.69, 9.17) is 0 Å². The molecule has 100 valence electrons. The van der Waals surface area contributed by atoms with Crippen molar-refractivity contribution in [1.29, 1.82) is 0 Å². The fourth-order valence-corrected chi connectivity index (χ4v) is 2.68. The lowest BCUT2D eigenvalue weighted by Gasteiger charge is -2.04. The maximum atomic E-state index is 12.1. The first-order valence-corrected chi connectivity index (χ1v) is 6.99. The zero-order chi connectivity index (χ0) is 13.8. The number of H-pyrrole nitrogens is 1. The van der Waals surface area contributed by atoms with Crippen molar-refractivity contribution in [2.45, 2.75) is 25.5 Å². The smallest absolute Gasteiger partial charge is 0.293 e. The van der Waals surface area contributed by atoms with Crippen molar-refractivity contribution in [2.75, 3.05) is 5.75 Å². The quantitative estimate of drug-likeness (QED) is 0.669. The summed E-state index contributed by atoms with van der Waals surface area (Å²) >= 11 is 1.28. The fraction of sp³-hybridized carbons (Fsp3) is 0.308. The summed E-state index contributed by atoms with van der Waals surface area (Å²) in [5.74, 6) is 0.316. The van der Waals surface area contributed by atoms with Crippen LogP contribution in [0, 0.1) is 6.92 Å². The van der Waals surface area contributed by atoms with E-state index < -0.39 is 0 Å². The summed E-state index contributed by atoms with van der Waals surface area (Å²) in [5, 5.41) is 6.85. The Hall–Kier alpha value is -1.82. The highest BCUT2D eigenvalue weighted by molar-refractivity contribution is 7.99. The number of rotatable bonds is 5. The van der Waals surface area contributed by atoms with Crippen LogP contribution in [0.25, 0.3) is 0 Å². The molecule has 0 fully saturated rings.